The highest BCUT2D eigenvalue weighted by atomic mass is 32.1. The SMILES string of the molecule is CC1CCc2nc3sc(C(=O)c4c(=O)o[nH][n+]4-c4ccccc4)c(N)c3cc2C1. The predicted molar refractivity (Wildman–Crippen MR) is 110 cm³/mol. The van der Waals surface area contributed by atoms with Crippen molar-refractivity contribution in [1.82, 2.24) is 10.3 Å². The van der Waals surface area contributed by atoms with Gasteiger partial charge in [-0.15, -0.1) is 11.3 Å². The van der Waals surface area contributed by atoms with Crippen LogP contribution in [-0.4, -0.2) is 16.0 Å². The van der Waals surface area contributed by atoms with Crippen LogP contribution in [0.1, 0.15) is 40.0 Å². The van der Waals surface area contributed by atoms with Crippen molar-refractivity contribution in [3.63, 3.8) is 0 Å². The first-order valence-corrected chi connectivity index (χ1v) is 10.3. The molecule has 0 amide bonds. The van der Waals surface area contributed by atoms with E-state index in [1.165, 1.54) is 21.6 Å². The topological polar surface area (TPSA) is 106 Å². The lowest BCUT2D eigenvalue weighted by Crippen LogP contribution is -2.41. The van der Waals surface area contributed by atoms with E-state index in [0.717, 1.165) is 35.2 Å². The molecule has 3 aromatic heterocycles. The minimum atomic E-state index is -0.739. The van der Waals surface area contributed by atoms with Gasteiger partial charge >= 0.3 is 11.3 Å². The van der Waals surface area contributed by atoms with Crippen molar-refractivity contribution in [2.75, 3.05) is 5.73 Å². The van der Waals surface area contributed by atoms with Crippen molar-refractivity contribution in [3.8, 4) is 5.69 Å². The van der Waals surface area contributed by atoms with Crippen LogP contribution in [0.5, 0.6) is 0 Å². The molecule has 1 atom stereocenters. The minimum absolute atomic E-state index is 0.118. The molecule has 1 aromatic carbocycles. The Kier molecular flexibility index (Phi) is 4.09. The van der Waals surface area contributed by atoms with Gasteiger partial charge in [-0.3, -0.25) is 9.32 Å². The normalized spacial score (nSPS) is 16.1. The number of ketones is 1. The van der Waals surface area contributed by atoms with Gasteiger partial charge in [0, 0.05) is 23.2 Å². The van der Waals surface area contributed by atoms with Gasteiger partial charge in [0.2, 0.25) is 5.69 Å². The number of anilines is 1. The van der Waals surface area contributed by atoms with E-state index in [-0.39, 0.29) is 5.69 Å². The van der Waals surface area contributed by atoms with Crippen LogP contribution in [0.25, 0.3) is 15.9 Å². The van der Waals surface area contributed by atoms with E-state index in [4.69, 9.17) is 15.2 Å². The van der Waals surface area contributed by atoms with E-state index in [1.54, 1.807) is 12.1 Å². The number of para-hydroxylation sites is 1. The van der Waals surface area contributed by atoms with Gasteiger partial charge in [0.1, 0.15) is 9.71 Å². The Hall–Kier alpha value is -3.26. The molecule has 5 rings (SSSR count). The van der Waals surface area contributed by atoms with Gasteiger partial charge in [0.25, 0.3) is 5.78 Å². The van der Waals surface area contributed by atoms with E-state index in [9.17, 15) is 9.59 Å². The molecule has 8 heteroatoms. The zero-order valence-corrected chi connectivity index (χ0v) is 16.6. The van der Waals surface area contributed by atoms with E-state index in [2.05, 4.69) is 18.3 Å². The molecule has 0 radical (unpaired) electrons. The highest BCUT2D eigenvalue weighted by Crippen LogP contribution is 2.36. The highest BCUT2D eigenvalue weighted by Gasteiger charge is 2.34. The fourth-order valence-corrected chi connectivity index (χ4v) is 4.91. The van der Waals surface area contributed by atoms with Gasteiger partial charge in [-0.05, 0) is 46.8 Å². The average Bonchev–Trinajstić information content (AvgIpc) is 3.27. The summed E-state index contributed by atoms with van der Waals surface area (Å²) in [5, 5.41) is 3.28. The number of hydrogen-bond acceptors (Lipinski definition) is 6. The van der Waals surface area contributed by atoms with Crippen molar-refractivity contribution < 1.29 is 14.0 Å². The minimum Gasteiger partial charge on any atom is -0.397 e. The number of rotatable bonds is 3. The number of carbonyl (C=O) groups excluding carboxylic acids is 1. The van der Waals surface area contributed by atoms with Crippen LogP contribution < -0.4 is 16.0 Å². The molecule has 1 aliphatic rings. The molecule has 7 nitrogen and oxygen atoms in total. The zero-order valence-electron chi connectivity index (χ0n) is 15.8. The second-order valence-corrected chi connectivity index (χ2v) is 8.47. The third-order valence-electron chi connectivity index (χ3n) is 5.41. The van der Waals surface area contributed by atoms with Crippen LogP contribution in [0.3, 0.4) is 0 Å². The Labute approximate surface area is 169 Å². The van der Waals surface area contributed by atoms with Gasteiger partial charge in [-0.2, -0.15) is 0 Å². The highest BCUT2D eigenvalue weighted by molar-refractivity contribution is 7.21. The summed E-state index contributed by atoms with van der Waals surface area (Å²) in [7, 11) is 0. The van der Waals surface area contributed by atoms with Crippen LogP contribution in [0, 0.1) is 5.92 Å². The molecule has 0 saturated heterocycles. The number of aromatic amines is 1. The van der Waals surface area contributed by atoms with Gasteiger partial charge in [0.05, 0.1) is 5.69 Å². The number of nitrogens with zero attached hydrogens (tertiary/aromatic N) is 2. The molecule has 0 saturated carbocycles. The van der Waals surface area contributed by atoms with Crippen molar-refractivity contribution in [2.24, 2.45) is 5.92 Å². The second kappa shape index (κ2) is 6.66. The molecule has 0 bridgehead atoms. The Morgan fingerprint density at radius 2 is 2.14 bits per heavy atom. The van der Waals surface area contributed by atoms with Crippen molar-refractivity contribution in [3.05, 3.63) is 68.6 Å². The Balaban J connectivity index is 1.64. The number of benzene rings is 1. The maximum Gasteiger partial charge on any atom is 0.439 e. The molecular formula is C21H19N4O3S+. The van der Waals surface area contributed by atoms with E-state index in [0.29, 0.717) is 22.2 Å². The van der Waals surface area contributed by atoms with Gasteiger partial charge < -0.3 is 5.73 Å². The summed E-state index contributed by atoms with van der Waals surface area (Å²) < 4.78 is 6.25. The summed E-state index contributed by atoms with van der Waals surface area (Å²) in [5.74, 6) is 0.132. The van der Waals surface area contributed by atoms with Gasteiger partial charge in [-0.25, -0.2) is 9.78 Å². The molecule has 3 heterocycles. The standard InChI is InChI=1S/C21H18N4O3S/c1-11-7-8-15-12(9-11)10-14-16(22)19(29-20(14)23-15)18(26)17-21(27)28-24-25(17)13-5-3-2-4-6-13/h2-6,10-11H,7-9H2,1H3,(H2-,22,24,26,27)/p+1. The first kappa shape index (κ1) is 17.8. The maximum absolute atomic E-state index is 13.3. The van der Waals surface area contributed by atoms with Crippen LogP contribution in [0.4, 0.5) is 5.69 Å². The summed E-state index contributed by atoms with van der Waals surface area (Å²) in [5.41, 5.74) is 8.75. The molecule has 0 spiro atoms. The number of H-pyrrole nitrogens is 1. The molecule has 146 valence electrons. The number of nitrogen functional groups attached to an aromatic ring is 1. The number of nitrogens with one attached hydrogen (secondary N) is 1. The molecule has 1 unspecified atom stereocenters. The monoisotopic (exact) mass is 407 g/mol. The lowest BCUT2D eigenvalue weighted by Gasteiger charge is -2.20. The van der Waals surface area contributed by atoms with Gasteiger partial charge in [-0.1, -0.05) is 25.1 Å². The van der Waals surface area contributed by atoms with Crippen molar-refractivity contribution in [1.29, 1.82) is 0 Å². The molecule has 1 aliphatic carbocycles. The second-order valence-electron chi connectivity index (χ2n) is 7.47. The molecule has 29 heavy (non-hydrogen) atoms. The van der Waals surface area contributed by atoms with E-state index in [1.807, 2.05) is 18.2 Å². The smallest absolute Gasteiger partial charge is 0.397 e. The fraction of sp³-hybridized carbons (Fsp3) is 0.238. The zero-order chi connectivity index (χ0) is 20.1. The largest absolute Gasteiger partial charge is 0.439 e. The van der Waals surface area contributed by atoms with Crippen LogP contribution in [-0.2, 0) is 12.8 Å². The number of carbonyl (C=O) groups is 1. The average molecular weight is 407 g/mol. The molecular weight excluding hydrogens is 388 g/mol. The number of fused-ring (bicyclic) bond motifs is 2. The Morgan fingerprint density at radius 1 is 1.34 bits per heavy atom. The summed E-state index contributed by atoms with van der Waals surface area (Å²) in [4.78, 5) is 31.4. The summed E-state index contributed by atoms with van der Waals surface area (Å²) in [6, 6.07) is 11.1. The summed E-state index contributed by atoms with van der Waals surface area (Å²) >= 11 is 1.22. The fourth-order valence-electron chi connectivity index (χ4n) is 3.87. The molecule has 0 aliphatic heterocycles. The molecule has 3 N–H and O–H groups in total. The van der Waals surface area contributed by atoms with Crippen LogP contribution >= 0.6 is 11.3 Å². The number of pyridine rings is 1. The number of aromatic nitrogens is 3. The van der Waals surface area contributed by atoms with E-state index >= 15 is 0 Å². The third-order valence-corrected chi connectivity index (χ3v) is 6.53. The van der Waals surface area contributed by atoms with Crippen LogP contribution in [0.15, 0.2) is 45.7 Å². The number of thiophene rings is 1. The van der Waals surface area contributed by atoms with Crippen molar-refractivity contribution in [2.45, 2.75) is 26.2 Å². The lowest BCUT2D eigenvalue weighted by molar-refractivity contribution is -0.672. The number of aryl methyl sites for hydroxylation is 1. The molecule has 4 aromatic rings. The maximum atomic E-state index is 13.3. The number of nitrogens with two attached hydrogens (primary N) is 1. The molecule has 0 fully saturated rings. The first-order chi connectivity index (χ1) is 14.0. The Bertz CT molecular complexity index is 1300. The lowest BCUT2D eigenvalue weighted by atomic mass is 9.87. The Morgan fingerprint density at radius 3 is 2.93 bits per heavy atom. The van der Waals surface area contributed by atoms with Crippen LogP contribution in [0.2, 0.25) is 0 Å². The van der Waals surface area contributed by atoms with E-state index < -0.39 is 11.4 Å². The van der Waals surface area contributed by atoms with Crippen molar-refractivity contribution >= 4 is 33.0 Å². The van der Waals surface area contributed by atoms with Gasteiger partial charge in [0.15, 0.2) is 0 Å². The first-order valence-electron chi connectivity index (χ1n) is 9.47. The number of hydrogen-bond donors (Lipinski definition) is 2. The predicted octanol–water partition coefficient (Wildman–Crippen LogP) is 2.79. The third kappa shape index (κ3) is 2.87. The summed E-state index contributed by atoms with van der Waals surface area (Å²) in [6.45, 7) is 2.23. The quantitative estimate of drug-likeness (QED) is 0.401. The summed E-state index contributed by atoms with van der Waals surface area (Å²) in [6.07, 6.45) is 3.01.